The molecule has 0 aromatic heterocycles. The number of hydrogen-bond donors (Lipinski definition) is 2. The molecule has 18 heavy (non-hydrogen) atoms. The maximum Gasteiger partial charge on any atom is 0.124 e. The number of nitrogen functional groups attached to an aromatic ring is 1. The van der Waals surface area contributed by atoms with Gasteiger partial charge in [0.25, 0.3) is 0 Å². The van der Waals surface area contributed by atoms with Gasteiger partial charge in [0.15, 0.2) is 0 Å². The molecule has 0 saturated carbocycles. The van der Waals surface area contributed by atoms with Crippen LogP contribution in [0.1, 0.15) is 37.7 Å². The van der Waals surface area contributed by atoms with E-state index in [1.165, 1.54) is 32.1 Å². The van der Waals surface area contributed by atoms with Crippen LogP contribution >= 0.6 is 11.6 Å². The van der Waals surface area contributed by atoms with E-state index in [9.17, 15) is 0 Å². The van der Waals surface area contributed by atoms with Crippen LogP contribution in [-0.4, -0.2) is 18.9 Å². The molecule has 98 valence electrons. The average molecular weight is 266 g/mol. The minimum Gasteiger partial charge on any atom is -0.384 e. The topological polar surface area (TPSA) is 53.1 Å². The second kappa shape index (κ2) is 6.10. The molecular weight excluding hydrogens is 246 g/mol. The maximum atomic E-state index is 7.68. The first-order valence-corrected chi connectivity index (χ1v) is 6.95. The molecular formula is C14H20ClN3. The Labute approximate surface area is 113 Å². The number of anilines is 1. The van der Waals surface area contributed by atoms with E-state index < -0.39 is 0 Å². The monoisotopic (exact) mass is 265 g/mol. The largest absolute Gasteiger partial charge is 0.384 e. The third-order valence-electron chi connectivity index (χ3n) is 3.45. The molecule has 4 heteroatoms. The summed E-state index contributed by atoms with van der Waals surface area (Å²) < 4.78 is 0. The fourth-order valence-electron chi connectivity index (χ4n) is 2.49. The number of benzene rings is 1. The molecule has 1 saturated heterocycles. The van der Waals surface area contributed by atoms with Gasteiger partial charge in [0, 0.05) is 29.4 Å². The molecule has 3 nitrogen and oxygen atoms in total. The second-order valence-electron chi connectivity index (χ2n) is 4.83. The highest BCUT2D eigenvalue weighted by Gasteiger charge is 2.14. The molecule has 1 aliphatic rings. The van der Waals surface area contributed by atoms with Crippen LogP contribution in [0.2, 0.25) is 5.02 Å². The van der Waals surface area contributed by atoms with Gasteiger partial charge in [-0.25, -0.2) is 0 Å². The molecule has 1 aromatic rings. The standard InChI is InChI=1S/C14H20ClN3/c15-11-6-7-13(12(10-11)14(16)17)18-8-4-2-1-3-5-9-18/h6-7,10H,1-5,8-9H2,(H3,16,17). The molecule has 0 aliphatic carbocycles. The van der Waals surface area contributed by atoms with Crippen LogP contribution in [0.4, 0.5) is 5.69 Å². The first-order valence-electron chi connectivity index (χ1n) is 6.57. The van der Waals surface area contributed by atoms with Crippen LogP contribution in [0.5, 0.6) is 0 Å². The summed E-state index contributed by atoms with van der Waals surface area (Å²) in [5.41, 5.74) is 7.46. The predicted octanol–water partition coefficient (Wildman–Crippen LogP) is 3.39. The lowest BCUT2D eigenvalue weighted by Crippen LogP contribution is -2.29. The van der Waals surface area contributed by atoms with Crippen molar-refractivity contribution in [3.63, 3.8) is 0 Å². The Morgan fingerprint density at radius 1 is 1.11 bits per heavy atom. The van der Waals surface area contributed by atoms with E-state index in [4.69, 9.17) is 22.7 Å². The van der Waals surface area contributed by atoms with Crippen LogP contribution in [-0.2, 0) is 0 Å². The number of hydrogen-bond acceptors (Lipinski definition) is 2. The van der Waals surface area contributed by atoms with Crippen molar-refractivity contribution in [2.75, 3.05) is 18.0 Å². The normalized spacial score (nSPS) is 17.1. The van der Waals surface area contributed by atoms with Gasteiger partial charge in [0.05, 0.1) is 0 Å². The zero-order valence-corrected chi connectivity index (χ0v) is 11.3. The van der Waals surface area contributed by atoms with E-state index in [0.717, 1.165) is 24.3 Å². The summed E-state index contributed by atoms with van der Waals surface area (Å²) in [7, 11) is 0. The summed E-state index contributed by atoms with van der Waals surface area (Å²) in [6.45, 7) is 2.09. The summed E-state index contributed by atoms with van der Waals surface area (Å²) in [6, 6.07) is 5.65. The third kappa shape index (κ3) is 3.16. The van der Waals surface area contributed by atoms with Gasteiger partial charge in [-0.05, 0) is 31.0 Å². The summed E-state index contributed by atoms with van der Waals surface area (Å²) in [6.07, 6.45) is 6.34. The number of amidine groups is 1. The molecule has 0 bridgehead atoms. The van der Waals surface area contributed by atoms with Gasteiger partial charge in [-0.1, -0.05) is 30.9 Å². The van der Waals surface area contributed by atoms with Crippen LogP contribution in [0, 0.1) is 5.41 Å². The Bertz CT molecular complexity index is 423. The number of rotatable bonds is 2. The van der Waals surface area contributed by atoms with Gasteiger partial charge in [-0.2, -0.15) is 0 Å². The van der Waals surface area contributed by atoms with Crippen LogP contribution < -0.4 is 10.6 Å². The molecule has 0 amide bonds. The predicted molar refractivity (Wildman–Crippen MR) is 77.8 cm³/mol. The Balaban J connectivity index is 2.27. The number of halogens is 1. The van der Waals surface area contributed by atoms with Gasteiger partial charge in [-0.15, -0.1) is 0 Å². The van der Waals surface area contributed by atoms with E-state index in [2.05, 4.69) is 4.90 Å². The summed E-state index contributed by atoms with van der Waals surface area (Å²) >= 11 is 5.99. The van der Waals surface area contributed by atoms with E-state index in [-0.39, 0.29) is 5.84 Å². The van der Waals surface area contributed by atoms with Crippen LogP contribution in [0.3, 0.4) is 0 Å². The molecule has 3 N–H and O–H groups in total. The molecule has 1 aromatic carbocycles. The fourth-order valence-corrected chi connectivity index (χ4v) is 2.66. The molecule has 0 spiro atoms. The second-order valence-corrected chi connectivity index (χ2v) is 5.27. The van der Waals surface area contributed by atoms with Crippen molar-refractivity contribution in [3.8, 4) is 0 Å². The van der Waals surface area contributed by atoms with Gasteiger partial charge in [-0.3, -0.25) is 5.41 Å². The quantitative estimate of drug-likeness (QED) is 0.636. The molecule has 0 atom stereocenters. The van der Waals surface area contributed by atoms with Crippen molar-refractivity contribution < 1.29 is 0 Å². The van der Waals surface area contributed by atoms with E-state index in [1.54, 1.807) is 6.07 Å². The highest BCUT2D eigenvalue weighted by atomic mass is 35.5. The van der Waals surface area contributed by atoms with Crippen molar-refractivity contribution in [1.29, 1.82) is 5.41 Å². The Morgan fingerprint density at radius 2 is 1.72 bits per heavy atom. The van der Waals surface area contributed by atoms with E-state index >= 15 is 0 Å². The summed E-state index contributed by atoms with van der Waals surface area (Å²) in [5, 5.41) is 8.32. The lowest BCUT2D eigenvalue weighted by molar-refractivity contribution is 0.556. The minimum atomic E-state index is 0.0922. The number of nitrogens with one attached hydrogen (secondary N) is 1. The van der Waals surface area contributed by atoms with Crippen LogP contribution in [0.25, 0.3) is 0 Å². The van der Waals surface area contributed by atoms with Gasteiger partial charge in [0.1, 0.15) is 5.84 Å². The number of nitrogens with zero attached hydrogens (tertiary/aromatic N) is 1. The Morgan fingerprint density at radius 3 is 2.33 bits per heavy atom. The maximum absolute atomic E-state index is 7.68. The van der Waals surface area contributed by atoms with Crippen molar-refractivity contribution in [2.24, 2.45) is 5.73 Å². The van der Waals surface area contributed by atoms with Crippen molar-refractivity contribution in [1.82, 2.24) is 0 Å². The van der Waals surface area contributed by atoms with Crippen molar-refractivity contribution >= 4 is 23.1 Å². The molecule has 2 rings (SSSR count). The van der Waals surface area contributed by atoms with Crippen molar-refractivity contribution in [3.05, 3.63) is 28.8 Å². The summed E-state index contributed by atoms with van der Waals surface area (Å²) in [5.74, 6) is 0.0922. The highest BCUT2D eigenvalue weighted by molar-refractivity contribution is 6.31. The van der Waals surface area contributed by atoms with Crippen molar-refractivity contribution in [2.45, 2.75) is 32.1 Å². The molecule has 1 aliphatic heterocycles. The highest BCUT2D eigenvalue weighted by Crippen LogP contribution is 2.26. The lowest BCUT2D eigenvalue weighted by atomic mass is 10.1. The average Bonchev–Trinajstić information content (AvgIpc) is 2.29. The lowest BCUT2D eigenvalue weighted by Gasteiger charge is -2.28. The first-order chi connectivity index (χ1) is 8.68. The molecule has 0 unspecified atom stereocenters. The zero-order chi connectivity index (χ0) is 13.0. The zero-order valence-electron chi connectivity index (χ0n) is 10.6. The number of nitrogens with two attached hydrogens (primary N) is 1. The third-order valence-corrected chi connectivity index (χ3v) is 3.68. The Hall–Kier alpha value is -1.22. The van der Waals surface area contributed by atoms with Gasteiger partial charge >= 0.3 is 0 Å². The van der Waals surface area contributed by atoms with E-state index in [0.29, 0.717) is 5.02 Å². The Kier molecular flexibility index (Phi) is 4.48. The smallest absolute Gasteiger partial charge is 0.124 e. The fraction of sp³-hybridized carbons (Fsp3) is 0.500. The van der Waals surface area contributed by atoms with Gasteiger partial charge in [0.2, 0.25) is 0 Å². The van der Waals surface area contributed by atoms with Crippen LogP contribution in [0.15, 0.2) is 18.2 Å². The molecule has 1 fully saturated rings. The SMILES string of the molecule is N=C(N)c1cc(Cl)ccc1N1CCCCCCC1. The first kappa shape index (κ1) is 13.2. The van der Waals surface area contributed by atoms with E-state index in [1.807, 2.05) is 12.1 Å². The molecule has 1 heterocycles. The summed E-state index contributed by atoms with van der Waals surface area (Å²) in [4.78, 5) is 2.34. The molecule has 0 radical (unpaired) electrons. The van der Waals surface area contributed by atoms with Gasteiger partial charge < -0.3 is 10.6 Å². The minimum absolute atomic E-state index is 0.0922.